The lowest BCUT2D eigenvalue weighted by molar-refractivity contribution is 1.60. The second kappa shape index (κ2) is 6.73. The van der Waals surface area contributed by atoms with Gasteiger partial charge in [-0.15, -0.1) is 0 Å². The van der Waals surface area contributed by atoms with Crippen molar-refractivity contribution in [2.24, 2.45) is 4.90 Å². The highest BCUT2D eigenvalue weighted by Crippen LogP contribution is 2.38. The summed E-state index contributed by atoms with van der Waals surface area (Å²) in [5, 5.41) is 0. The smallest absolute Gasteiger partial charge is 0.329 e. The molecule has 0 unspecified atom stereocenters. The topological polar surface area (TPSA) is 12.4 Å². The summed E-state index contributed by atoms with van der Waals surface area (Å²) in [6.07, 6.45) is 8.69. The molecule has 0 spiro atoms. The van der Waals surface area contributed by atoms with Crippen LogP contribution in [0.25, 0.3) is 11.6 Å². The number of allylic oxidation sites excluding steroid dienone is 5. The van der Waals surface area contributed by atoms with E-state index >= 15 is 0 Å². The zero-order chi connectivity index (χ0) is 18.1. The first kappa shape index (κ1) is 15.8. The Kier molecular flexibility index (Phi) is 3.95. The third kappa shape index (κ3) is 2.90. The SMILES string of the molecule is C1=CC(=NB(c2ccccc2)c2ccccc2)C2=Cc3ccccc3C2=C1. The minimum atomic E-state index is -0.0176. The molecule has 5 rings (SSSR count). The van der Waals surface area contributed by atoms with Gasteiger partial charge in [-0.05, 0) is 39.8 Å². The monoisotopic (exact) mass is 343 g/mol. The molecule has 27 heavy (non-hydrogen) atoms. The standard InChI is InChI=1S/C25H18BN/c1-3-11-20(12-4-1)26(21-13-5-2-6-14-21)27-25-17-9-16-23-22-15-8-7-10-19(22)18-24(23)25/h1-18H. The molecule has 126 valence electrons. The van der Waals surface area contributed by atoms with Gasteiger partial charge in [-0.1, -0.05) is 97.1 Å². The first-order valence-corrected chi connectivity index (χ1v) is 9.28. The first-order chi connectivity index (χ1) is 13.4. The van der Waals surface area contributed by atoms with E-state index in [0.29, 0.717) is 0 Å². The van der Waals surface area contributed by atoms with Crippen molar-refractivity contribution >= 4 is 35.1 Å². The Balaban J connectivity index is 1.62. The van der Waals surface area contributed by atoms with Crippen molar-refractivity contribution in [1.82, 2.24) is 0 Å². The van der Waals surface area contributed by atoms with Crippen LogP contribution >= 0.6 is 0 Å². The molecular formula is C25H18BN. The van der Waals surface area contributed by atoms with E-state index in [0.717, 1.165) is 5.71 Å². The van der Waals surface area contributed by atoms with E-state index in [-0.39, 0.29) is 6.85 Å². The first-order valence-electron chi connectivity index (χ1n) is 9.28. The van der Waals surface area contributed by atoms with Crippen molar-refractivity contribution in [2.75, 3.05) is 0 Å². The van der Waals surface area contributed by atoms with Crippen molar-refractivity contribution in [2.45, 2.75) is 0 Å². The third-order valence-corrected chi connectivity index (χ3v) is 5.13. The lowest BCUT2D eigenvalue weighted by Crippen LogP contribution is -2.41. The van der Waals surface area contributed by atoms with Crippen molar-refractivity contribution in [1.29, 1.82) is 0 Å². The van der Waals surface area contributed by atoms with E-state index in [1.165, 1.54) is 33.2 Å². The van der Waals surface area contributed by atoms with Gasteiger partial charge in [-0.3, -0.25) is 0 Å². The summed E-state index contributed by atoms with van der Waals surface area (Å²) in [6.45, 7) is -0.0176. The molecule has 3 aromatic carbocycles. The summed E-state index contributed by atoms with van der Waals surface area (Å²) in [6, 6.07) is 29.6. The van der Waals surface area contributed by atoms with Gasteiger partial charge in [0.15, 0.2) is 0 Å². The molecule has 0 aliphatic heterocycles. The number of nitrogens with zero attached hydrogens (tertiary/aromatic N) is 1. The van der Waals surface area contributed by atoms with E-state index in [1.54, 1.807) is 0 Å². The summed E-state index contributed by atoms with van der Waals surface area (Å²) >= 11 is 0. The molecule has 0 bridgehead atoms. The van der Waals surface area contributed by atoms with Gasteiger partial charge in [-0.25, -0.2) is 0 Å². The summed E-state index contributed by atoms with van der Waals surface area (Å²) in [5.74, 6) is 0. The molecule has 0 atom stereocenters. The molecule has 0 saturated carbocycles. The fourth-order valence-corrected chi connectivity index (χ4v) is 3.83. The maximum Gasteiger partial charge on any atom is 0.345 e. The molecule has 3 aromatic rings. The minimum Gasteiger partial charge on any atom is -0.329 e. The highest BCUT2D eigenvalue weighted by atomic mass is 14.7. The van der Waals surface area contributed by atoms with Gasteiger partial charge >= 0.3 is 6.85 Å². The van der Waals surface area contributed by atoms with E-state index < -0.39 is 0 Å². The summed E-state index contributed by atoms with van der Waals surface area (Å²) in [4.78, 5) is 5.22. The lowest BCUT2D eigenvalue weighted by Gasteiger charge is -2.16. The number of hydrogen-bond acceptors (Lipinski definition) is 1. The van der Waals surface area contributed by atoms with E-state index in [9.17, 15) is 0 Å². The fraction of sp³-hybridized carbons (Fsp3) is 0. The Bertz CT molecular complexity index is 1070. The van der Waals surface area contributed by atoms with Crippen LogP contribution in [-0.2, 0) is 0 Å². The van der Waals surface area contributed by atoms with Crippen LogP contribution in [-0.4, -0.2) is 12.6 Å². The Morgan fingerprint density at radius 2 is 1.26 bits per heavy atom. The van der Waals surface area contributed by atoms with Crippen LogP contribution < -0.4 is 10.9 Å². The van der Waals surface area contributed by atoms with Crippen LogP contribution in [0.3, 0.4) is 0 Å². The largest absolute Gasteiger partial charge is 0.345 e. The summed E-state index contributed by atoms with van der Waals surface area (Å²) in [7, 11) is 0. The second-order valence-electron chi connectivity index (χ2n) is 6.82. The Morgan fingerprint density at radius 3 is 1.96 bits per heavy atom. The average Bonchev–Trinajstić information content (AvgIpc) is 3.13. The summed E-state index contributed by atoms with van der Waals surface area (Å²) in [5.41, 5.74) is 8.50. The van der Waals surface area contributed by atoms with Crippen LogP contribution in [0.2, 0.25) is 0 Å². The molecule has 0 radical (unpaired) electrons. The van der Waals surface area contributed by atoms with Gasteiger partial charge < -0.3 is 4.90 Å². The van der Waals surface area contributed by atoms with Gasteiger partial charge in [0.05, 0.1) is 5.71 Å². The van der Waals surface area contributed by atoms with Crippen molar-refractivity contribution in [3.05, 3.63) is 120 Å². The Labute approximate surface area is 160 Å². The molecule has 2 heteroatoms. The molecule has 1 nitrogen and oxygen atoms in total. The molecule has 0 fully saturated rings. The van der Waals surface area contributed by atoms with Crippen LogP contribution in [0.15, 0.2) is 114 Å². The predicted molar refractivity (Wildman–Crippen MR) is 117 cm³/mol. The maximum atomic E-state index is 5.22. The molecule has 0 saturated heterocycles. The second-order valence-corrected chi connectivity index (χ2v) is 6.82. The van der Waals surface area contributed by atoms with Crippen LogP contribution in [0.1, 0.15) is 11.1 Å². The highest BCUT2D eigenvalue weighted by Gasteiger charge is 2.25. The van der Waals surface area contributed by atoms with Gasteiger partial charge in [-0.2, -0.15) is 0 Å². The van der Waals surface area contributed by atoms with Gasteiger partial charge in [0.1, 0.15) is 0 Å². The van der Waals surface area contributed by atoms with Crippen LogP contribution in [0.5, 0.6) is 0 Å². The van der Waals surface area contributed by atoms with Crippen LogP contribution in [0.4, 0.5) is 0 Å². The zero-order valence-electron chi connectivity index (χ0n) is 14.9. The Morgan fingerprint density at radius 1 is 0.630 bits per heavy atom. The molecule has 0 amide bonds. The molecule has 2 aliphatic carbocycles. The normalized spacial score (nSPS) is 15.8. The molecule has 0 aromatic heterocycles. The number of hydrogen-bond donors (Lipinski definition) is 0. The molecule has 0 heterocycles. The van der Waals surface area contributed by atoms with E-state index in [4.69, 9.17) is 4.90 Å². The van der Waals surface area contributed by atoms with Crippen LogP contribution in [0, 0.1) is 0 Å². The minimum absolute atomic E-state index is 0.0176. The van der Waals surface area contributed by atoms with Gasteiger partial charge in [0.2, 0.25) is 0 Å². The number of fused-ring (bicyclic) bond motifs is 3. The fourth-order valence-electron chi connectivity index (χ4n) is 3.83. The predicted octanol–water partition coefficient (Wildman–Crippen LogP) is 4.28. The molecular weight excluding hydrogens is 325 g/mol. The summed E-state index contributed by atoms with van der Waals surface area (Å²) < 4.78 is 0. The van der Waals surface area contributed by atoms with Crippen molar-refractivity contribution in [3.63, 3.8) is 0 Å². The quantitative estimate of drug-likeness (QED) is 0.630. The lowest BCUT2D eigenvalue weighted by atomic mass is 9.51. The van der Waals surface area contributed by atoms with Crippen molar-refractivity contribution < 1.29 is 0 Å². The highest BCUT2D eigenvalue weighted by molar-refractivity contribution is 6.84. The van der Waals surface area contributed by atoms with E-state index in [1.807, 2.05) is 0 Å². The number of benzene rings is 3. The maximum absolute atomic E-state index is 5.22. The van der Waals surface area contributed by atoms with E-state index in [2.05, 4.69) is 109 Å². The molecule has 2 aliphatic rings. The van der Waals surface area contributed by atoms with Crippen molar-refractivity contribution in [3.8, 4) is 0 Å². The average molecular weight is 343 g/mol. The zero-order valence-corrected chi connectivity index (χ0v) is 14.9. The Hall–Kier alpha value is -3.39. The molecule has 0 N–H and O–H groups in total. The number of rotatable bonds is 3. The third-order valence-electron chi connectivity index (χ3n) is 5.13. The van der Waals surface area contributed by atoms with Gasteiger partial charge in [0.25, 0.3) is 0 Å². The van der Waals surface area contributed by atoms with Gasteiger partial charge in [0, 0.05) is 5.57 Å².